The van der Waals surface area contributed by atoms with Crippen LogP contribution < -0.4 is 5.32 Å². The van der Waals surface area contributed by atoms with Crippen molar-refractivity contribution in [1.82, 2.24) is 10.3 Å². The van der Waals surface area contributed by atoms with Crippen molar-refractivity contribution in [3.05, 3.63) is 30.1 Å². The molecule has 0 aromatic carbocycles. The number of hydrogen-bond acceptors (Lipinski definition) is 4. The number of pyridine rings is 1. The molecule has 4 nitrogen and oxygen atoms in total. The molecule has 1 fully saturated rings. The van der Waals surface area contributed by atoms with Gasteiger partial charge >= 0.3 is 0 Å². The van der Waals surface area contributed by atoms with Crippen molar-refractivity contribution in [2.75, 3.05) is 19.8 Å². The number of aromatic nitrogens is 1. The fourth-order valence-electron chi connectivity index (χ4n) is 2.01. The molecule has 94 valence electrons. The Labute approximate surface area is 102 Å². The van der Waals surface area contributed by atoms with Gasteiger partial charge in [-0.2, -0.15) is 0 Å². The quantitative estimate of drug-likeness (QED) is 0.826. The lowest BCUT2D eigenvalue weighted by molar-refractivity contribution is -0.0626. The maximum absolute atomic E-state index is 10.3. The summed E-state index contributed by atoms with van der Waals surface area (Å²) < 4.78 is 5.26. The van der Waals surface area contributed by atoms with Crippen LogP contribution in [-0.2, 0) is 4.74 Å². The van der Waals surface area contributed by atoms with E-state index in [1.54, 1.807) is 6.20 Å². The van der Waals surface area contributed by atoms with E-state index in [2.05, 4.69) is 17.2 Å². The minimum Gasteiger partial charge on any atom is -0.388 e. The van der Waals surface area contributed by atoms with Crippen LogP contribution in [0.1, 0.15) is 31.5 Å². The first-order valence-electron chi connectivity index (χ1n) is 6.14. The maximum Gasteiger partial charge on any atom is 0.0815 e. The smallest absolute Gasteiger partial charge is 0.0815 e. The van der Waals surface area contributed by atoms with Crippen molar-refractivity contribution in [3.63, 3.8) is 0 Å². The summed E-state index contributed by atoms with van der Waals surface area (Å²) in [7, 11) is 0. The van der Waals surface area contributed by atoms with Gasteiger partial charge in [-0.1, -0.05) is 6.07 Å². The Morgan fingerprint density at radius 3 is 2.88 bits per heavy atom. The van der Waals surface area contributed by atoms with Crippen LogP contribution in [0.3, 0.4) is 0 Å². The molecule has 0 bridgehead atoms. The van der Waals surface area contributed by atoms with Crippen LogP contribution in [0.5, 0.6) is 0 Å². The highest BCUT2D eigenvalue weighted by atomic mass is 16.5. The Kier molecular flexibility index (Phi) is 4.10. The summed E-state index contributed by atoms with van der Waals surface area (Å²) in [5, 5.41) is 13.6. The van der Waals surface area contributed by atoms with Gasteiger partial charge in [-0.05, 0) is 19.1 Å². The molecule has 17 heavy (non-hydrogen) atoms. The molecule has 2 N–H and O–H groups in total. The minimum atomic E-state index is -0.624. The van der Waals surface area contributed by atoms with Crippen molar-refractivity contribution >= 4 is 0 Å². The van der Waals surface area contributed by atoms with Gasteiger partial charge < -0.3 is 15.2 Å². The van der Waals surface area contributed by atoms with E-state index in [-0.39, 0.29) is 6.04 Å². The van der Waals surface area contributed by atoms with E-state index in [1.807, 2.05) is 18.2 Å². The van der Waals surface area contributed by atoms with Crippen LogP contribution in [0.4, 0.5) is 0 Å². The third-order valence-corrected chi connectivity index (χ3v) is 3.29. The first-order valence-corrected chi connectivity index (χ1v) is 6.14. The molecule has 0 amide bonds. The van der Waals surface area contributed by atoms with E-state index in [0.717, 1.165) is 5.69 Å². The predicted molar refractivity (Wildman–Crippen MR) is 65.7 cm³/mol. The summed E-state index contributed by atoms with van der Waals surface area (Å²) in [4.78, 5) is 4.30. The molecule has 2 heterocycles. The second-order valence-electron chi connectivity index (χ2n) is 4.69. The second-order valence-corrected chi connectivity index (χ2v) is 4.69. The third-order valence-electron chi connectivity index (χ3n) is 3.29. The van der Waals surface area contributed by atoms with Crippen LogP contribution >= 0.6 is 0 Å². The topological polar surface area (TPSA) is 54.4 Å². The average molecular weight is 236 g/mol. The van der Waals surface area contributed by atoms with Crippen molar-refractivity contribution in [2.24, 2.45) is 0 Å². The molecule has 1 aliphatic rings. The Morgan fingerprint density at radius 2 is 2.24 bits per heavy atom. The zero-order valence-corrected chi connectivity index (χ0v) is 10.2. The van der Waals surface area contributed by atoms with Crippen LogP contribution in [0, 0.1) is 0 Å². The summed E-state index contributed by atoms with van der Waals surface area (Å²) >= 11 is 0. The molecule has 0 radical (unpaired) electrons. The monoisotopic (exact) mass is 236 g/mol. The van der Waals surface area contributed by atoms with Crippen molar-refractivity contribution in [1.29, 1.82) is 0 Å². The molecule has 0 spiro atoms. The summed E-state index contributed by atoms with van der Waals surface area (Å²) in [6.07, 6.45) is 3.19. The molecule has 0 saturated carbocycles. The number of nitrogens with zero attached hydrogens (tertiary/aromatic N) is 1. The Bertz CT molecular complexity index is 337. The second kappa shape index (κ2) is 5.58. The molecule has 1 unspecified atom stereocenters. The molecule has 1 atom stereocenters. The maximum atomic E-state index is 10.3. The highest BCUT2D eigenvalue weighted by Crippen LogP contribution is 2.20. The van der Waals surface area contributed by atoms with E-state index in [1.165, 1.54) is 0 Å². The highest BCUT2D eigenvalue weighted by Gasteiger charge is 2.29. The fraction of sp³-hybridized carbons (Fsp3) is 0.615. The van der Waals surface area contributed by atoms with Crippen molar-refractivity contribution in [2.45, 2.75) is 31.4 Å². The van der Waals surface area contributed by atoms with Gasteiger partial charge in [-0.3, -0.25) is 4.98 Å². The summed E-state index contributed by atoms with van der Waals surface area (Å²) in [6.45, 7) is 3.95. The van der Waals surface area contributed by atoms with Gasteiger partial charge in [0.2, 0.25) is 0 Å². The lowest BCUT2D eigenvalue weighted by atomic mass is 9.94. The number of aliphatic hydroxyl groups is 1. The van der Waals surface area contributed by atoms with Gasteiger partial charge in [0.15, 0.2) is 0 Å². The van der Waals surface area contributed by atoms with E-state index < -0.39 is 5.60 Å². The van der Waals surface area contributed by atoms with E-state index in [4.69, 9.17) is 4.74 Å². The molecule has 1 aromatic rings. The molecular weight excluding hydrogens is 216 g/mol. The third kappa shape index (κ3) is 3.49. The average Bonchev–Trinajstić information content (AvgIpc) is 2.38. The van der Waals surface area contributed by atoms with Crippen LogP contribution in [-0.4, -0.2) is 35.5 Å². The molecular formula is C13H20N2O2. The van der Waals surface area contributed by atoms with Crippen LogP contribution in [0.2, 0.25) is 0 Å². The predicted octanol–water partition coefficient (Wildman–Crippen LogP) is 1.27. The van der Waals surface area contributed by atoms with Gasteiger partial charge in [-0.25, -0.2) is 0 Å². The number of rotatable bonds is 4. The Balaban J connectivity index is 1.85. The van der Waals surface area contributed by atoms with Gasteiger partial charge in [0.1, 0.15) is 0 Å². The Morgan fingerprint density at radius 1 is 1.47 bits per heavy atom. The molecule has 1 aliphatic heterocycles. The normalized spacial score (nSPS) is 21.1. The summed E-state index contributed by atoms with van der Waals surface area (Å²) in [6, 6.07) is 6.03. The zero-order valence-electron chi connectivity index (χ0n) is 10.2. The van der Waals surface area contributed by atoms with Crippen LogP contribution in [0.25, 0.3) is 0 Å². The highest BCUT2D eigenvalue weighted by molar-refractivity contribution is 5.07. The molecule has 1 aromatic heterocycles. The van der Waals surface area contributed by atoms with Gasteiger partial charge in [-0.15, -0.1) is 0 Å². The number of ether oxygens (including phenoxy) is 1. The first-order chi connectivity index (χ1) is 8.20. The van der Waals surface area contributed by atoms with Gasteiger partial charge in [0, 0.05) is 44.8 Å². The standard InChI is InChI=1S/C13H20N2O2/c1-11(12-4-2-3-7-14-12)15-10-13(16)5-8-17-9-6-13/h2-4,7,11,15-16H,5-6,8-10H2,1H3. The fourth-order valence-corrected chi connectivity index (χ4v) is 2.01. The Hall–Kier alpha value is -0.970. The lowest BCUT2D eigenvalue weighted by Gasteiger charge is -2.33. The lowest BCUT2D eigenvalue weighted by Crippen LogP contribution is -2.45. The van der Waals surface area contributed by atoms with E-state index in [9.17, 15) is 5.11 Å². The molecule has 0 aliphatic carbocycles. The van der Waals surface area contributed by atoms with E-state index in [0.29, 0.717) is 32.6 Å². The number of hydrogen-bond donors (Lipinski definition) is 2. The van der Waals surface area contributed by atoms with E-state index >= 15 is 0 Å². The van der Waals surface area contributed by atoms with Gasteiger partial charge in [0.25, 0.3) is 0 Å². The molecule has 1 saturated heterocycles. The molecule has 4 heteroatoms. The van der Waals surface area contributed by atoms with Crippen molar-refractivity contribution < 1.29 is 9.84 Å². The summed E-state index contributed by atoms with van der Waals surface area (Å²) in [5.41, 5.74) is 0.379. The number of nitrogens with one attached hydrogen (secondary N) is 1. The SMILES string of the molecule is CC(NCC1(O)CCOCC1)c1ccccn1. The molecule has 2 rings (SSSR count). The minimum absolute atomic E-state index is 0.156. The largest absolute Gasteiger partial charge is 0.388 e. The summed E-state index contributed by atoms with van der Waals surface area (Å²) in [5.74, 6) is 0. The first kappa shape index (κ1) is 12.5. The van der Waals surface area contributed by atoms with Crippen molar-refractivity contribution in [3.8, 4) is 0 Å². The van der Waals surface area contributed by atoms with Gasteiger partial charge in [0.05, 0.1) is 11.3 Å². The van der Waals surface area contributed by atoms with Crippen LogP contribution in [0.15, 0.2) is 24.4 Å². The zero-order chi connectivity index (χ0) is 12.1.